The van der Waals surface area contributed by atoms with E-state index in [4.69, 9.17) is 22.1 Å². The zero-order chi connectivity index (χ0) is 13.3. The topological polar surface area (TPSA) is 35.2 Å². The highest BCUT2D eigenvalue weighted by molar-refractivity contribution is 6.32. The van der Waals surface area contributed by atoms with Gasteiger partial charge in [0, 0.05) is 6.04 Å². The molecular formula is C15H22ClNO. The number of rotatable bonds is 2. The second kappa shape index (κ2) is 5.10. The van der Waals surface area contributed by atoms with Crippen molar-refractivity contribution in [2.24, 2.45) is 11.1 Å². The van der Waals surface area contributed by atoms with Gasteiger partial charge in [0.05, 0.1) is 5.02 Å². The van der Waals surface area contributed by atoms with Crippen LogP contribution in [0.4, 0.5) is 0 Å². The summed E-state index contributed by atoms with van der Waals surface area (Å²) in [6.45, 7) is 6.44. The summed E-state index contributed by atoms with van der Waals surface area (Å²) in [5, 5.41) is 0.672. The van der Waals surface area contributed by atoms with Gasteiger partial charge in [-0.25, -0.2) is 0 Å². The van der Waals surface area contributed by atoms with E-state index >= 15 is 0 Å². The number of halogens is 1. The van der Waals surface area contributed by atoms with Gasteiger partial charge in [-0.05, 0) is 49.3 Å². The van der Waals surface area contributed by atoms with Crippen LogP contribution in [0, 0.1) is 12.3 Å². The second-order valence-corrected chi connectivity index (χ2v) is 6.40. The summed E-state index contributed by atoms with van der Waals surface area (Å²) in [5.41, 5.74) is 7.59. The third kappa shape index (κ3) is 2.81. The molecule has 100 valence electrons. The molecule has 0 spiro atoms. The van der Waals surface area contributed by atoms with Crippen LogP contribution in [0.25, 0.3) is 0 Å². The van der Waals surface area contributed by atoms with Gasteiger partial charge in [0.2, 0.25) is 0 Å². The van der Waals surface area contributed by atoms with E-state index in [2.05, 4.69) is 13.8 Å². The van der Waals surface area contributed by atoms with Crippen LogP contribution >= 0.6 is 11.6 Å². The number of ether oxygens (including phenoxy) is 1. The van der Waals surface area contributed by atoms with Crippen molar-refractivity contribution in [1.29, 1.82) is 0 Å². The summed E-state index contributed by atoms with van der Waals surface area (Å²) in [5.74, 6) is 0.750. The van der Waals surface area contributed by atoms with E-state index in [9.17, 15) is 0 Å². The second-order valence-electron chi connectivity index (χ2n) is 6.00. The maximum atomic E-state index is 6.32. The van der Waals surface area contributed by atoms with Crippen molar-refractivity contribution in [2.75, 3.05) is 0 Å². The number of aryl methyl sites for hydroxylation is 1. The van der Waals surface area contributed by atoms with E-state index in [1.165, 1.54) is 0 Å². The Morgan fingerprint density at radius 2 is 2.11 bits per heavy atom. The molecule has 1 saturated carbocycles. The number of hydrogen-bond donors (Lipinski definition) is 1. The van der Waals surface area contributed by atoms with Crippen LogP contribution in [0.1, 0.15) is 38.7 Å². The summed E-state index contributed by atoms with van der Waals surface area (Å²) in [6.07, 6.45) is 3.40. The zero-order valence-electron chi connectivity index (χ0n) is 11.4. The van der Waals surface area contributed by atoms with E-state index in [0.717, 1.165) is 30.6 Å². The minimum Gasteiger partial charge on any atom is -0.487 e. The van der Waals surface area contributed by atoms with Crippen LogP contribution < -0.4 is 10.5 Å². The van der Waals surface area contributed by atoms with E-state index in [-0.39, 0.29) is 17.6 Å². The third-order valence-electron chi connectivity index (χ3n) is 3.98. The normalized spacial score (nSPS) is 26.9. The molecule has 2 nitrogen and oxygen atoms in total. The van der Waals surface area contributed by atoms with Crippen LogP contribution in [0.3, 0.4) is 0 Å². The van der Waals surface area contributed by atoms with Crippen molar-refractivity contribution in [2.45, 2.75) is 52.2 Å². The van der Waals surface area contributed by atoms with Gasteiger partial charge >= 0.3 is 0 Å². The molecule has 2 N–H and O–H groups in total. The zero-order valence-corrected chi connectivity index (χ0v) is 12.1. The molecule has 1 aliphatic rings. The highest BCUT2D eigenvalue weighted by Gasteiger charge is 2.37. The maximum absolute atomic E-state index is 6.32. The van der Waals surface area contributed by atoms with Gasteiger partial charge in [-0.3, -0.25) is 0 Å². The minimum atomic E-state index is 0.0589. The fraction of sp³-hybridized carbons (Fsp3) is 0.600. The van der Waals surface area contributed by atoms with Crippen LogP contribution in [0.15, 0.2) is 18.2 Å². The molecule has 0 aromatic heterocycles. The summed E-state index contributed by atoms with van der Waals surface area (Å²) in [7, 11) is 0. The Morgan fingerprint density at radius 3 is 2.78 bits per heavy atom. The fourth-order valence-corrected chi connectivity index (χ4v) is 2.88. The third-order valence-corrected chi connectivity index (χ3v) is 4.27. The van der Waals surface area contributed by atoms with Crippen molar-refractivity contribution in [3.63, 3.8) is 0 Å². The fourth-order valence-electron chi connectivity index (χ4n) is 2.61. The highest BCUT2D eigenvalue weighted by Crippen LogP contribution is 2.37. The first-order valence-corrected chi connectivity index (χ1v) is 6.96. The predicted octanol–water partition coefficient (Wildman–Crippen LogP) is 3.93. The van der Waals surface area contributed by atoms with E-state index in [0.29, 0.717) is 5.02 Å². The average Bonchev–Trinajstić information content (AvgIpc) is 2.28. The smallest absolute Gasteiger partial charge is 0.138 e. The Bertz CT molecular complexity index is 431. The Kier molecular flexibility index (Phi) is 3.88. The number of hydrogen-bond acceptors (Lipinski definition) is 2. The largest absolute Gasteiger partial charge is 0.487 e. The molecule has 1 aromatic carbocycles. The van der Waals surface area contributed by atoms with Crippen LogP contribution in [0.2, 0.25) is 5.02 Å². The monoisotopic (exact) mass is 267 g/mol. The first-order chi connectivity index (χ1) is 8.40. The van der Waals surface area contributed by atoms with Crippen molar-refractivity contribution < 1.29 is 4.74 Å². The quantitative estimate of drug-likeness (QED) is 0.881. The van der Waals surface area contributed by atoms with E-state index in [1.54, 1.807) is 0 Å². The van der Waals surface area contributed by atoms with Crippen molar-refractivity contribution >= 4 is 11.6 Å². The molecule has 3 heteroatoms. The molecule has 2 rings (SSSR count). The Balaban J connectivity index is 2.13. The molecule has 1 aromatic rings. The van der Waals surface area contributed by atoms with Crippen LogP contribution in [0.5, 0.6) is 5.75 Å². The summed E-state index contributed by atoms with van der Waals surface area (Å²) in [4.78, 5) is 0. The molecule has 0 heterocycles. The highest BCUT2D eigenvalue weighted by atomic mass is 35.5. The predicted molar refractivity (Wildman–Crippen MR) is 76.2 cm³/mol. The summed E-state index contributed by atoms with van der Waals surface area (Å²) < 4.78 is 6.03. The van der Waals surface area contributed by atoms with E-state index < -0.39 is 0 Å². The molecule has 0 aliphatic heterocycles. The molecule has 0 saturated heterocycles. The van der Waals surface area contributed by atoms with Gasteiger partial charge in [0.1, 0.15) is 11.9 Å². The number of benzene rings is 1. The van der Waals surface area contributed by atoms with Gasteiger partial charge in [-0.15, -0.1) is 0 Å². The van der Waals surface area contributed by atoms with Gasteiger partial charge < -0.3 is 10.5 Å². The van der Waals surface area contributed by atoms with Crippen molar-refractivity contribution in [3.8, 4) is 5.75 Å². The van der Waals surface area contributed by atoms with Gasteiger partial charge in [-0.1, -0.05) is 31.5 Å². The van der Waals surface area contributed by atoms with Crippen molar-refractivity contribution in [1.82, 2.24) is 0 Å². The maximum Gasteiger partial charge on any atom is 0.138 e. The SMILES string of the molecule is Cc1ccc(OC2CCCC(C)(C)C2N)c(Cl)c1. The molecule has 2 unspecified atom stereocenters. The lowest BCUT2D eigenvalue weighted by Crippen LogP contribution is -2.51. The standard InChI is InChI=1S/C15H22ClNO/c1-10-6-7-12(11(16)9-10)18-13-5-4-8-15(2,3)14(13)17/h6-7,9,13-14H,4-5,8,17H2,1-3H3. The minimum absolute atomic E-state index is 0.0589. The Morgan fingerprint density at radius 1 is 1.39 bits per heavy atom. The van der Waals surface area contributed by atoms with E-state index in [1.807, 2.05) is 25.1 Å². The molecular weight excluding hydrogens is 246 g/mol. The lowest BCUT2D eigenvalue weighted by Gasteiger charge is -2.41. The number of nitrogens with two attached hydrogens (primary N) is 1. The Hall–Kier alpha value is -0.730. The molecule has 1 aliphatic carbocycles. The lowest BCUT2D eigenvalue weighted by molar-refractivity contribution is 0.0568. The van der Waals surface area contributed by atoms with Crippen molar-refractivity contribution in [3.05, 3.63) is 28.8 Å². The molecule has 18 heavy (non-hydrogen) atoms. The summed E-state index contributed by atoms with van der Waals surface area (Å²) in [6, 6.07) is 5.94. The first-order valence-electron chi connectivity index (χ1n) is 6.58. The molecule has 0 radical (unpaired) electrons. The van der Waals surface area contributed by atoms with Gasteiger partial charge in [0.25, 0.3) is 0 Å². The molecule has 0 amide bonds. The van der Waals surface area contributed by atoms with Crippen LogP contribution in [-0.2, 0) is 0 Å². The van der Waals surface area contributed by atoms with Gasteiger partial charge in [-0.2, -0.15) is 0 Å². The first kappa shape index (κ1) is 13.7. The average molecular weight is 268 g/mol. The lowest BCUT2D eigenvalue weighted by atomic mass is 9.72. The summed E-state index contributed by atoms with van der Waals surface area (Å²) >= 11 is 6.20. The Labute approximate surface area is 114 Å². The van der Waals surface area contributed by atoms with Gasteiger partial charge in [0.15, 0.2) is 0 Å². The molecule has 2 atom stereocenters. The molecule has 1 fully saturated rings. The van der Waals surface area contributed by atoms with Crippen LogP contribution in [-0.4, -0.2) is 12.1 Å². The molecule has 0 bridgehead atoms.